The second kappa shape index (κ2) is 8.40. The highest BCUT2D eigenvalue weighted by molar-refractivity contribution is 6.05. The minimum absolute atomic E-state index is 0.178. The topological polar surface area (TPSA) is 73.2 Å². The number of benzene rings is 2. The Hall–Kier alpha value is -3.62. The number of carbonyl (C=O) groups is 2. The van der Waals surface area contributed by atoms with Gasteiger partial charge in [-0.05, 0) is 50.2 Å². The van der Waals surface area contributed by atoms with Gasteiger partial charge in [-0.25, -0.2) is 9.48 Å². The molecule has 0 unspecified atom stereocenters. The van der Waals surface area contributed by atoms with Gasteiger partial charge in [-0.15, -0.1) is 0 Å². The van der Waals surface area contributed by atoms with E-state index < -0.39 is 29.3 Å². The predicted molar refractivity (Wildman–Crippen MR) is 104 cm³/mol. The van der Waals surface area contributed by atoms with Gasteiger partial charge >= 0.3 is 12.1 Å². The van der Waals surface area contributed by atoms with Crippen molar-refractivity contribution in [3.63, 3.8) is 0 Å². The van der Waals surface area contributed by atoms with E-state index in [1.807, 2.05) is 0 Å². The number of amides is 1. The maximum Gasteiger partial charge on any atom is 0.434 e. The molecule has 156 valence electrons. The van der Waals surface area contributed by atoms with Crippen LogP contribution >= 0.6 is 0 Å². The molecule has 1 amide bonds. The first-order chi connectivity index (χ1) is 14.2. The van der Waals surface area contributed by atoms with Crippen molar-refractivity contribution in [2.75, 3.05) is 5.32 Å². The van der Waals surface area contributed by atoms with Crippen LogP contribution in [0.25, 0.3) is 5.69 Å². The van der Waals surface area contributed by atoms with E-state index in [-0.39, 0.29) is 23.0 Å². The van der Waals surface area contributed by atoms with Crippen LogP contribution in [0.5, 0.6) is 0 Å². The summed E-state index contributed by atoms with van der Waals surface area (Å²) >= 11 is 0. The number of aromatic nitrogens is 2. The summed E-state index contributed by atoms with van der Waals surface area (Å²) < 4.78 is 46.8. The Labute approximate surface area is 170 Å². The third-order valence-electron chi connectivity index (χ3n) is 4.00. The zero-order valence-corrected chi connectivity index (χ0v) is 16.1. The second-order valence-corrected chi connectivity index (χ2v) is 6.64. The molecule has 1 heterocycles. The molecule has 6 nitrogen and oxygen atoms in total. The van der Waals surface area contributed by atoms with Crippen molar-refractivity contribution >= 4 is 17.6 Å². The fraction of sp³-hybridized carbons (Fsp3) is 0.190. The summed E-state index contributed by atoms with van der Waals surface area (Å²) in [5.74, 6) is -1.51. The number of para-hydroxylation sites is 1. The van der Waals surface area contributed by atoms with Crippen molar-refractivity contribution in [1.82, 2.24) is 9.78 Å². The van der Waals surface area contributed by atoms with Crippen LogP contribution in [-0.4, -0.2) is 27.8 Å². The molecule has 0 saturated heterocycles. The van der Waals surface area contributed by atoms with Gasteiger partial charge in [-0.2, -0.15) is 18.3 Å². The number of halogens is 3. The zero-order valence-electron chi connectivity index (χ0n) is 16.1. The summed E-state index contributed by atoms with van der Waals surface area (Å²) in [6.07, 6.45) is -4.22. The molecule has 1 aromatic heterocycles. The SMILES string of the molecule is CC(C)OC(=O)c1ccc(NC(=O)c2cnn(-c3ccccc3)c2C(F)(F)F)cc1. The lowest BCUT2D eigenvalue weighted by atomic mass is 10.2. The Morgan fingerprint density at radius 3 is 2.23 bits per heavy atom. The van der Waals surface area contributed by atoms with Gasteiger partial charge in [0.1, 0.15) is 0 Å². The summed E-state index contributed by atoms with van der Waals surface area (Å²) in [5.41, 5.74) is -1.13. The van der Waals surface area contributed by atoms with Gasteiger partial charge in [-0.1, -0.05) is 18.2 Å². The number of hydrogen-bond acceptors (Lipinski definition) is 4. The van der Waals surface area contributed by atoms with Gasteiger partial charge in [0.15, 0.2) is 5.69 Å². The monoisotopic (exact) mass is 417 g/mol. The van der Waals surface area contributed by atoms with E-state index in [0.29, 0.717) is 4.68 Å². The van der Waals surface area contributed by atoms with Gasteiger partial charge in [-0.3, -0.25) is 4.79 Å². The number of alkyl halides is 3. The number of rotatable bonds is 5. The van der Waals surface area contributed by atoms with E-state index in [1.54, 1.807) is 32.0 Å². The summed E-state index contributed by atoms with van der Waals surface area (Å²) in [6.45, 7) is 3.42. The van der Waals surface area contributed by atoms with E-state index in [0.717, 1.165) is 6.20 Å². The molecule has 3 rings (SSSR count). The van der Waals surface area contributed by atoms with Crippen LogP contribution in [0.15, 0.2) is 60.8 Å². The molecule has 1 N–H and O–H groups in total. The summed E-state index contributed by atoms with van der Waals surface area (Å²) in [7, 11) is 0. The summed E-state index contributed by atoms with van der Waals surface area (Å²) in [6, 6.07) is 13.4. The van der Waals surface area contributed by atoms with Gasteiger partial charge in [0.05, 0.1) is 29.1 Å². The largest absolute Gasteiger partial charge is 0.459 e. The molecule has 0 spiro atoms. The molecule has 0 aliphatic rings. The van der Waals surface area contributed by atoms with Crippen LogP contribution in [-0.2, 0) is 10.9 Å². The van der Waals surface area contributed by atoms with Crippen LogP contribution in [0, 0.1) is 0 Å². The van der Waals surface area contributed by atoms with Crippen LogP contribution in [0.3, 0.4) is 0 Å². The maximum absolute atomic E-state index is 13.7. The van der Waals surface area contributed by atoms with E-state index in [2.05, 4.69) is 10.4 Å². The molecule has 0 aliphatic carbocycles. The molecule has 0 bridgehead atoms. The van der Waals surface area contributed by atoms with Crippen LogP contribution in [0.4, 0.5) is 18.9 Å². The molecular formula is C21H18F3N3O3. The van der Waals surface area contributed by atoms with Crippen molar-refractivity contribution in [2.24, 2.45) is 0 Å². The Kier molecular flexibility index (Phi) is 5.91. The zero-order chi connectivity index (χ0) is 21.9. The molecule has 3 aromatic rings. The number of ether oxygens (including phenoxy) is 1. The summed E-state index contributed by atoms with van der Waals surface area (Å²) in [4.78, 5) is 24.4. The second-order valence-electron chi connectivity index (χ2n) is 6.64. The van der Waals surface area contributed by atoms with Crippen molar-refractivity contribution in [2.45, 2.75) is 26.1 Å². The van der Waals surface area contributed by atoms with Crippen molar-refractivity contribution in [3.05, 3.63) is 77.6 Å². The minimum Gasteiger partial charge on any atom is -0.459 e. The quantitative estimate of drug-likeness (QED) is 0.611. The first-order valence-electron chi connectivity index (χ1n) is 9.00. The lowest BCUT2D eigenvalue weighted by molar-refractivity contribution is -0.143. The molecule has 0 radical (unpaired) electrons. The Morgan fingerprint density at radius 2 is 1.67 bits per heavy atom. The lowest BCUT2D eigenvalue weighted by Gasteiger charge is -2.13. The summed E-state index contributed by atoms with van der Waals surface area (Å²) in [5, 5.41) is 6.15. The Morgan fingerprint density at radius 1 is 1.03 bits per heavy atom. The smallest absolute Gasteiger partial charge is 0.434 e. The van der Waals surface area contributed by atoms with Gasteiger partial charge in [0.2, 0.25) is 0 Å². The van der Waals surface area contributed by atoms with Gasteiger partial charge < -0.3 is 10.1 Å². The van der Waals surface area contributed by atoms with Crippen molar-refractivity contribution < 1.29 is 27.5 Å². The van der Waals surface area contributed by atoms with Crippen molar-refractivity contribution in [1.29, 1.82) is 0 Å². The fourth-order valence-electron chi connectivity index (χ4n) is 2.72. The number of esters is 1. The van der Waals surface area contributed by atoms with Gasteiger partial charge in [0, 0.05) is 5.69 Å². The first-order valence-corrected chi connectivity index (χ1v) is 9.00. The van der Waals surface area contributed by atoms with E-state index >= 15 is 0 Å². The Bertz CT molecular complexity index is 1040. The fourth-order valence-corrected chi connectivity index (χ4v) is 2.72. The van der Waals surface area contributed by atoms with E-state index in [4.69, 9.17) is 4.74 Å². The van der Waals surface area contributed by atoms with Crippen molar-refractivity contribution in [3.8, 4) is 5.69 Å². The third-order valence-corrected chi connectivity index (χ3v) is 4.00. The first kappa shape index (κ1) is 21.1. The van der Waals surface area contributed by atoms with E-state index in [1.165, 1.54) is 36.4 Å². The average molecular weight is 417 g/mol. The third kappa shape index (κ3) is 4.68. The van der Waals surface area contributed by atoms with E-state index in [9.17, 15) is 22.8 Å². The lowest BCUT2D eigenvalue weighted by Crippen LogP contribution is -2.20. The average Bonchev–Trinajstić information content (AvgIpc) is 3.14. The Balaban J connectivity index is 1.86. The number of nitrogens with one attached hydrogen (secondary N) is 1. The molecule has 30 heavy (non-hydrogen) atoms. The highest BCUT2D eigenvalue weighted by Crippen LogP contribution is 2.34. The number of anilines is 1. The highest BCUT2D eigenvalue weighted by Gasteiger charge is 2.40. The molecule has 0 atom stereocenters. The number of hydrogen-bond donors (Lipinski definition) is 1. The standard InChI is InChI=1S/C21H18F3N3O3/c1-13(2)30-20(29)14-8-10-15(11-9-14)26-19(28)17-12-25-27(18(17)21(22,23)24)16-6-4-3-5-7-16/h3-13H,1-2H3,(H,26,28). The maximum atomic E-state index is 13.7. The van der Waals surface area contributed by atoms with Crippen LogP contribution < -0.4 is 5.32 Å². The van der Waals surface area contributed by atoms with Crippen LogP contribution in [0.1, 0.15) is 40.3 Å². The molecule has 0 aliphatic heterocycles. The number of nitrogens with zero attached hydrogens (tertiary/aromatic N) is 2. The molecule has 2 aromatic carbocycles. The van der Waals surface area contributed by atoms with Gasteiger partial charge in [0.25, 0.3) is 5.91 Å². The molecule has 9 heteroatoms. The molecular weight excluding hydrogens is 399 g/mol. The normalized spacial score (nSPS) is 11.4. The molecule has 0 saturated carbocycles. The number of carbonyl (C=O) groups excluding carboxylic acids is 2. The highest BCUT2D eigenvalue weighted by atomic mass is 19.4. The minimum atomic E-state index is -4.80. The van der Waals surface area contributed by atoms with Crippen LogP contribution in [0.2, 0.25) is 0 Å². The molecule has 0 fully saturated rings. The predicted octanol–water partition coefficient (Wildman–Crippen LogP) is 4.71.